The Bertz CT molecular complexity index is 623. The maximum atomic E-state index is 5.62. The van der Waals surface area contributed by atoms with E-state index >= 15 is 0 Å². The number of methoxy groups -OCH3 is 1. The summed E-state index contributed by atoms with van der Waals surface area (Å²) in [5, 5.41) is 3.53. The van der Waals surface area contributed by atoms with Gasteiger partial charge in [0.25, 0.3) is 0 Å². The van der Waals surface area contributed by atoms with Gasteiger partial charge in [0, 0.05) is 11.8 Å². The molecule has 0 aliphatic carbocycles. The van der Waals surface area contributed by atoms with Crippen LogP contribution >= 0.6 is 0 Å². The minimum absolute atomic E-state index is 0.0467. The molecule has 0 aliphatic rings. The highest BCUT2D eigenvalue weighted by molar-refractivity contribution is 5.48. The van der Waals surface area contributed by atoms with E-state index in [0.29, 0.717) is 0 Å². The molecule has 0 fully saturated rings. The van der Waals surface area contributed by atoms with Crippen molar-refractivity contribution in [2.75, 3.05) is 13.7 Å². The monoisotopic (exact) mass is 284 g/mol. The van der Waals surface area contributed by atoms with Crippen molar-refractivity contribution in [1.29, 1.82) is 0 Å². The molecule has 21 heavy (non-hydrogen) atoms. The maximum Gasteiger partial charge on any atom is 0.124 e. The Kier molecular flexibility index (Phi) is 4.97. The zero-order valence-electron chi connectivity index (χ0n) is 13.5. The van der Waals surface area contributed by atoms with Gasteiger partial charge < -0.3 is 10.1 Å². The lowest BCUT2D eigenvalue weighted by Gasteiger charge is -2.23. The molecule has 1 atom stereocenters. The first-order valence-electron chi connectivity index (χ1n) is 7.37. The van der Waals surface area contributed by atoms with Gasteiger partial charge in [0.2, 0.25) is 0 Å². The molecule has 3 heteroatoms. The van der Waals surface area contributed by atoms with Crippen LogP contribution in [0.5, 0.6) is 5.75 Å². The van der Waals surface area contributed by atoms with Crippen molar-refractivity contribution < 1.29 is 4.74 Å². The topological polar surface area (TPSA) is 34.2 Å². The summed E-state index contributed by atoms with van der Waals surface area (Å²) < 4.78 is 5.62. The molecule has 3 nitrogen and oxygen atoms in total. The van der Waals surface area contributed by atoms with Crippen molar-refractivity contribution in [3.8, 4) is 5.75 Å². The van der Waals surface area contributed by atoms with Crippen LogP contribution in [0, 0.1) is 20.8 Å². The Balaban J connectivity index is 2.58. The SMILES string of the molecule is CCNC(c1cc(C)ccn1)c1c(C)cc(C)cc1OC. The molecule has 2 aromatic rings. The highest BCUT2D eigenvalue weighted by Crippen LogP contribution is 2.33. The van der Waals surface area contributed by atoms with Gasteiger partial charge >= 0.3 is 0 Å². The summed E-state index contributed by atoms with van der Waals surface area (Å²) in [7, 11) is 1.73. The number of nitrogens with one attached hydrogen (secondary N) is 1. The molecular formula is C18H24N2O. The molecule has 1 aromatic heterocycles. The summed E-state index contributed by atoms with van der Waals surface area (Å²) in [6.45, 7) is 9.29. The highest BCUT2D eigenvalue weighted by Gasteiger charge is 2.21. The van der Waals surface area contributed by atoms with Crippen molar-refractivity contribution in [3.63, 3.8) is 0 Å². The van der Waals surface area contributed by atoms with Crippen molar-refractivity contribution in [3.05, 3.63) is 58.4 Å². The number of hydrogen-bond donors (Lipinski definition) is 1. The minimum Gasteiger partial charge on any atom is -0.496 e. The Morgan fingerprint density at radius 3 is 2.52 bits per heavy atom. The predicted molar refractivity (Wildman–Crippen MR) is 87.0 cm³/mol. The van der Waals surface area contributed by atoms with Crippen LogP contribution in [0.3, 0.4) is 0 Å². The largest absolute Gasteiger partial charge is 0.496 e. The first-order valence-corrected chi connectivity index (χ1v) is 7.37. The van der Waals surface area contributed by atoms with Crippen molar-refractivity contribution in [2.24, 2.45) is 0 Å². The molecule has 1 heterocycles. The zero-order chi connectivity index (χ0) is 15.4. The molecule has 0 saturated carbocycles. The Morgan fingerprint density at radius 1 is 1.14 bits per heavy atom. The van der Waals surface area contributed by atoms with Crippen LogP contribution in [0.15, 0.2) is 30.5 Å². The molecule has 0 bridgehead atoms. The summed E-state index contributed by atoms with van der Waals surface area (Å²) >= 11 is 0. The third-order valence-electron chi connectivity index (χ3n) is 3.64. The fraction of sp³-hybridized carbons (Fsp3) is 0.389. The molecule has 112 valence electrons. The number of rotatable bonds is 5. The van der Waals surface area contributed by atoms with E-state index in [4.69, 9.17) is 4.74 Å². The fourth-order valence-electron chi connectivity index (χ4n) is 2.75. The van der Waals surface area contributed by atoms with Gasteiger partial charge in [0.15, 0.2) is 0 Å². The third kappa shape index (κ3) is 3.42. The number of pyridine rings is 1. The molecule has 2 rings (SSSR count). The molecule has 0 radical (unpaired) electrons. The van der Waals surface area contributed by atoms with Crippen LogP contribution in [0.1, 0.15) is 40.9 Å². The number of hydrogen-bond acceptors (Lipinski definition) is 3. The molecule has 0 saturated heterocycles. The van der Waals surface area contributed by atoms with E-state index < -0.39 is 0 Å². The first kappa shape index (κ1) is 15.5. The lowest BCUT2D eigenvalue weighted by atomic mass is 9.94. The van der Waals surface area contributed by atoms with E-state index in [0.717, 1.165) is 18.0 Å². The van der Waals surface area contributed by atoms with Crippen molar-refractivity contribution >= 4 is 0 Å². The van der Waals surface area contributed by atoms with Gasteiger partial charge in [-0.2, -0.15) is 0 Å². The van der Waals surface area contributed by atoms with E-state index in [-0.39, 0.29) is 6.04 Å². The van der Waals surface area contributed by atoms with Gasteiger partial charge in [-0.1, -0.05) is 13.0 Å². The van der Waals surface area contributed by atoms with Crippen LogP contribution in [0.2, 0.25) is 0 Å². The van der Waals surface area contributed by atoms with Crippen LogP contribution in [-0.4, -0.2) is 18.6 Å². The Morgan fingerprint density at radius 2 is 1.90 bits per heavy atom. The number of ether oxygens (including phenoxy) is 1. The number of nitrogens with zero attached hydrogens (tertiary/aromatic N) is 1. The summed E-state index contributed by atoms with van der Waals surface area (Å²) in [6.07, 6.45) is 1.87. The first-order chi connectivity index (χ1) is 10.1. The molecule has 0 spiro atoms. The van der Waals surface area contributed by atoms with E-state index in [1.54, 1.807) is 7.11 Å². The van der Waals surface area contributed by atoms with E-state index in [2.05, 4.69) is 56.2 Å². The summed E-state index contributed by atoms with van der Waals surface area (Å²) in [5.41, 5.74) is 5.85. The van der Waals surface area contributed by atoms with Crippen molar-refractivity contribution in [1.82, 2.24) is 10.3 Å². The average molecular weight is 284 g/mol. The summed E-state index contributed by atoms with van der Waals surface area (Å²) in [6, 6.07) is 8.48. The number of aromatic nitrogens is 1. The van der Waals surface area contributed by atoms with Crippen LogP contribution in [0.4, 0.5) is 0 Å². The number of aryl methyl sites for hydroxylation is 3. The van der Waals surface area contributed by atoms with Crippen LogP contribution < -0.4 is 10.1 Å². The number of benzene rings is 1. The van der Waals surface area contributed by atoms with Crippen molar-refractivity contribution in [2.45, 2.75) is 33.7 Å². The van der Waals surface area contributed by atoms with Crippen LogP contribution in [0.25, 0.3) is 0 Å². The standard InChI is InChI=1S/C18H24N2O/c1-6-19-18(15-10-12(2)7-8-20-15)17-14(4)9-13(3)11-16(17)21-5/h7-11,18-19H,6H2,1-5H3. The van der Waals surface area contributed by atoms with Gasteiger partial charge in [-0.15, -0.1) is 0 Å². The molecule has 1 aromatic carbocycles. The lowest BCUT2D eigenvalue weighted by Crippen LogP contribution is -2.24. The average Bonchev–Trinajstić information content (AvgIpc) is 2.44. The molecule has 0 aliphatic heterocycles. The Labute approximate surface area is 127 Å². The second-order valence-electron chi connectivity index (χ2n) is 5.45. The molecule has 1 unspecified atom stereocenters. The summed E-state index contributed by atoms with van der Waals surface area (Å²) in [4.78, 5) is 4.56. The maximum absolute atomic E-state index is 5.62. The zero-order valence-corrected chi connectivity index (χ0v) is 13.5. The second-order valence-corrected chi connectivity index (χ2v) is 5.45. The van der Waals surface area contributed by atoms with E-state index in [1.807, 2.05) is 12.3 Å². The fourth-order valence-corrected chi connectivity index (χ4v) is 2.75. The highest BCUT2D eigenvalue weighted by atomic mass is 16.5. The second kappa shape index (κ2) is 6.72. The van der Waals surface area contributed by atoms with Gasteiger partial charge in [0.05, 0.1) is 18.8 Å². The van der Waals surface area contributed by atoms with Gasteiger partial charge in [-0.05, 0) is 62.2 Å². The van der Waals surface area contributed by atoms with Gasteiger partial charge in [-0.3, -0.25) is 4.98 Å². The lowest BCUT2D eigenvalue weighted by molar-refractivity contribution is 0.403. The quantitative estimate of drug-likeness (QED) is 0.908. The Hall–Kier alpha value is -1.87. The van der Waals surface area contributed by atoms with Gasteiger partial charge in [0.1, 0.15) is 5.75 Å². The van der Waals surface area contributed by atoms with E-state index in [1.165, 1.54) is 22.3 Å². The molecule has 0 amide bonds. The van der Waals surface area contributed by atoms with E-state index in [9.17, 15) is 0 Å². The normalized spacial score (nSPS) is 12.2. The molecular weight excluding hydrogens is 260 g/mol. The minimum atomic E-state index is 0.0467. The molecule has 1 N–H and O–H groups in total. The van der Waals surface area contributed by atoms with Crippen LogP contribution in [-0.2, 0) is 0 Å². The van der Waals surface area contributed by atoms with Gasteiger partial charge in [-0.25, -0.2) is 0 Å². The predicted octanol–water partition coefficient (Wildman–Crippen LogP) is 3.71. The smallest absolute Gasteiger partial charge is 0.124 e. The summed E-state index contributed by atoms with van der Waals surface area (Å²) in [5.74, 6) is 0.918. The third-order valence-corrected chi connectivity index (χ3v) is 3.64.